The zero-order valence-corrected chi connectivity index (χ0v) is 12.5. The van der Waals surface area contributed by atoms with E-state index in [-0.39, 0.29) is 0 Å². The number of rotatable bonds is 6. The summed E-state index contributed by atoms with van der Waals surface area (Å²) in [6, 6.07) is 12.3. The third-order valence-corrected chi connectivity index (χ3v) is 4.32. The first-order chi connectivity index (χ1) is 10.3. The molecule has 4 N–H and O–H groups in total. The molecule has 0 amide bonds. The Bertz CT molecular complexity index is 754. The molecule has 0 unspecified atom stereocenters. The van der Waals surface area contributed by atoms with Crippen molar-refractivity contribution < 1.29 is 9.47 Å². The zero-order chi connectivity index (χ0) is 14.7. The smallest absolute Gasteiger partial charge is 0.120 e. The quantitative estimate of drug-likeness (QED) is 0.734. The minimum atomic E-state index is 0.518. The molecule has 0 atom stereocenters. The fourth-order valence-corrected chi connectivity index (χ4v) is 3.38. The topological polar surface area (TPSA) is 70.5 Å². The van der Waals surface area contributed by atoms with Crippen LogP contribution in [0.2, 0.25) is 0 Å². The standard InChI is InChI=1S/C16H18N2O2S/c17-5-7-19-11-2-4-15-14(9-11)13-3-1-12(20-8-6-18)10-16(13)21-15/h1-4,9-10H,5-8,17-18H2. The van der Waals surface area contributed by atoms with Crippen molar-refractivity contribution in [2.45, 2.75) is 0 Å². The maximum atomic E-state index is 5.60. The normalized spacial score (nSPS) is 11.1. The van der Waals surface area contributed by atoms with Gasteiger partial charge < -0.3 is 20.9 Å². The monoisotopic (exact) mass is 302 g/mol. The lowest BCUT2D eigenvalue weighted by atomic mass is 10.1. The maximum absolute atomic E-state index is 5.60. The van der Waals surface area contributed by atoms with Crippen LogP contribution in [0.15, 0.2) is 36.4 Å². The Morgan fingerprint density at radius 2 is 1.43 bits per heavy atom. The first-order valence-electron chi connectivity index (χ1n) is 6.94. The molecule has 4 nitrogen and oxygen atoms in total. The van der Waals surface area contributed by atoms with E-state index in [0.29, 0.717) is 26.3 Å². The van der Waals surface area contributed by atoms with Gasteiger partial charge in [-0.1, -0.05) is 0 Å². The molecule has 0 bridgehead atoms. The number of ether oxygens (including phenoxy) is 2. The molecule has 5 heteroatoms. The highest BCUT2D eigenvalue weighted by molar-refractivity contribution is 7.25. The molecular weight excluding hydrogens is 284 g/mol. The van der Waals surface area contributed by atoms with Gasteiger partial charge in [-0.3, -0.25) is 0 Å². The minimum absolute atomic E-state index is 0.518. The summed E-state index contributed by atoms with van der Waals surface area (Å²) in [5.41, 5.74) is 10.9. The molecule has 1 aromatic heterocycles. The van der Waals surface area contributed by atoms with E-state index in [1.807, 2.05) is 12.1 Å². The zero-order valence-electron chi connectivity index (χ0n) is 11.7. The van der Waals surface area contributed by atoms with E-state index in [4.69, 9.17) is 20.9 Å². The molecule has 0 spiro atoms. The van der Waals surface area contributed by atoms with Gasteiger partial charge in [-0.25, -0.2) is 0 Å². The molecule has 0 saturated heterocycles. The first kappa shape index (κ1) is 14.1. The molecule has 0 aliphatic rings. The summed E-state index contributed by atoms with van der Waals surface area (Å²) in [6.45, 7) is 2.11. The lowest BCUT2D eigenvalue weighted by molar-refractivity contribution is 0.329. The highest BCUT2D eigenvalue weighted by Gasteiger charge is 2.07. The molecule has 1 heterocycles. The number of thiophene rings is 1. The Hall–Kier alpha value is -1.82. The third-order valence-electron chi connectivity index (χ3n) is 3.19. The van der Waals surface area contributed by atoms with Crippen LogP contribution in [0.3, 0.4) is 0 Å². The Morgan fingerprint density at radius 1 is 0.762 bits per heavy atom. The first-order valence-corrected chi connectivity index (χ1v) is 7.75. The summed E-state index contributed by atoms with van der Waals surface area (Å²) in [5, 5.41) is 2.42. The number of hydrogen-bond acceptors (Lipinski definition) is 5. The van der Waals surface area contributed by atoms with E-state index in [1.54, 1.807) is 11.3 Å². The minimum Gasteiger partial charge on any atom is -0.492 e. The van der Waals surface area contributed by atoms with E-state index in [9.17, 15) is 0 Å². The summed E-state index contributed by atoms with van der Waals surface area (Å²) < 4.78 is 13.6. The van der Waals surface area contributed by atoms with Gasteiger partial charge in [0, 0.05) is 33.3 Å². The van der Waals surface area contributed by atoms with Crippen molar-refractivity contribution in [3.63, 3.8) is 0 Å². The molecule has 0 radical (unpaired) electrons. The Morgan fingerprint density at radius 3 is 2.14 bits per heavy atom. The number of benzene rings is 2. The molecule has 2 aromatic carbocycles. The van der Waals surface area contributed by atoms with Crippen molar-refractivity contribution >= 4 is 31.5 Å². The van der Waals surface area contributed by atoms with Gasteiger partial charge in [0.2, 0.25) is 0 Å². The maximum Gasteiger partial charge on any atom is 0.120 e. The van der Waals surface area contributed by atoms with Crippen molar-refractivity contribution in [3.8, 4) is 11.5 Å². The average molecular weight is 302 g/mol. The van der Waals surface area contributed by atoms with E-state index < -0.39 is 0 Å². The molecule has 0 aliphatic carbocycles. The van der Waals surface area contributed by atoms with Gasteiger partial charge in [0.15, 0.2) is 0 Å². The van der Waals surface area contributed by atoms with Gasteiger partial charge in [-0.15, -0.1) is 11.3 Å². The second-order valence-electron chi connectivity index (χ2n) is 4.69. The fourth-order valence-electron chi connectivity index (χ4n) is 2.27. The lowest BCUT2D eigenvalue weighted by Crippen LogP contribution is -2.10. The molecule has 0 fully saturated rings. The Labute approximate surface area is 127 Å². The van der Waals surface area contributed by atoms with Crippen LogP contribution in [-0.4, -0.2) is 26.3 Å². The van der Waals surface area contributed by atoms with Crippen LogP contribution in [0.1, 0.15) is 0 Å². The Kier molecular flexibility index (Phi) is 4.24. The summed E-state index contributed by atoms with van der Waals surface area (Å²) in [7, 11) is 0. The highest BCUT2D eigenvalue weighted by Crippen LogP contribution is 2.37. The predicted molar refractivity (Wildman–Crippen MR) is 88.4 cm³/mol. The molecular formula is C16H18N2O2S. The van der Waals surface area contributed by atoms with Crippen molar-refractivity contribution in [3.05, 3.63) is 36.4 Å². The number of hydrogen-bond donors (Lipinski definition) is 2. The molecule has 3 aromatic rings. The van der Waals surface area contributed by atoms with Crippen molar-refractivity contribution in [2.75, 3.05) is 26.3 Å². The van der Waals surface area contributed by atoms with E-state index in [2.05, 4.69) is 24.3 Å². The van der Waals surface area contributed by atoms with Crippen LogP contribution in [0, 0.1) is 0 Å². The van der Waals surface area contributed by atoms with E-state index >= 15 is 0 Å². The van der Waals surface area contributed by atoms with Crippen LogP contribution in [-0.2, 0) is 0 Å². The molecule has 110 valence electrons. The predicted octanol–water partition coefficient (Wildman–Crippen LogP) is 2.73. The van der Waals surface area contributed by atoms with Gasteiger partial charge >= 0.3 is 0 Å². The van der Waals surface area contributed by atoms with Crippen LogP contribution < -0.4 is 20.9 Å². The summed E-state index contributed by atoms with van der Waals surface area (Å²) in [4.78, 5) is 0. The summed E-state index contributed by atoms with van der Waals surface area (Å²) in [5.74, 6) is 1.72. The number of fused-ring (bicyclic) bond motifs is 3. The second kappa shape index (κ2) is 6.30. The fraction of sp³-hybridized carbons (Fsp3) is 0.250. The van der Waals surface area contributed by atoms with Gasteiger partial charge in [-0.2, -0.15) is 0 Å². The third kappa shape index (κ3) is 2.95. The van der Waals surface area contributed by atoms with Gasteiger partial charge in [-0.05, 0) is 36.4 Å². The van der Waals surface area contributed by atoms with Crippen LogP contribution in [0.25, 0.3) is 20.2 Å². The molecule has 3 rings (SSSR count). The van der Waals surface area contributed by atoms with Crippen LogP contribution in [0.4, 0.5) is 0 Å². The molecule has 0 aliphatic heterocycles. The summed E-state index contributed by atoms with van der Waals surface area (Å²) >= 11 is 1.75. The summed E-state index contributed by atoms with van der Waals surface area (Å²) in [6.07, 6.45) is 0. The average Bonchev–Trinajstić information content (AvgIpc) is 2.87. The van der Waals surface area contributed by atoms with Gasteiger partial charge in [0.05, 0.1) is 0 Å². The highest BCUT2D eigenvalue weighted by atomic mass is 32.1. The van der Waals surface area contributed by atoms with Crippen LogP contribution >= 0.6 is 11.3 Å². The van der Waals surface area contributed by atoms with Crippen molar-refractivity contribution in [1.29, 1.82) is 0 Å². The molecule has 0 saturated carbocycles. The number of nitrogens with two attached hydrogens (primary N) is 2. The van der Waals surface area contributed by atoms with Crippen LogP contribution in [0.5, 0.6) is 11.5 Å². The van der Waals surface area contributed by atoms with E-state index in [0.717, 1.165) is 11.5 Å². The second-order valence-corrected chi connectivity index (χ2v) is 5.78. The lowest BCUT2D eigenvalue weighted by Gasteiger charge is -2.05. The van der Waals surface area contributed by atoms with Crippen molar-refractivity contribution in [1.82, 2.24) is 0 Å². The largest absolute Gasteiger partial charge is 0.492 e. The SMILES string of the molecule is NCCOc1ccc2c(c1)sc1ccc(OCCN)cc12. The molecule has 21 heavy (non-hydrogen) atoms. The van der Waals surface area contributed by atoms with E-state index in [1.165, 1.54) is 20.2 Å². The van der Waals surface area contributed by atoms with Crippen molar-refractivity contribution in [2.24, 2.45) is 11.5 Å². The van der Waals surface area contributed by atoms with Gasteiger partial charge in [0.25, 0.3) is 0 Å². The van der Waals surface area contributed by atoms with Gasteiger partial charge in [0.1, 0.15) is 24.7 Å². The Balaban J connectivity index is 1.99.